The Morgan fingerprint density at radius 1 is 0.903 bits per heavy atom. The smallest absolute Gasteiger partial charge is 0.143 e. The van der Waals surface area contributed by atoms with Gasteiger partial charge in [-0.3, -0.25) is 0 Å². The molecule has 1 saturated heterocycles. The zero-order valence-electron chi connectivity index (χ0n) is 18.1. The van der Waals surface area contributed by atoms with Gasteiger partial charge in [0.05, 0.1) is 5.39 Å². The van der Waals surface area contributed by atoms with Gasteiger partial charge in [-0.2, -0.15) is 0 Å². The second-order valence-electron chi connectivity index (χ2n) is 8.55. The third kappa shape index (κ3) is 4.15. The number of aromatic nitrogens is 2. The molecule has 3 heterocycles. The number of rotatable bonds is 5. The van der Waals surface area contributed by atoms with Crippen molar-refractivity contribution in [1.29, 1.82) is 0 Å². The van der Waals surface area contributed by atoms with E-state index < -0.39 is 0 Å². The van der Waals surface area contributed by atoms with Gasteiger partial charge in [0.25, 0.3) is 0 Å². The lowest BCUT2D eigenvalue weighted by molar-refractivity contribution is 0.578. The van der Waals surface area contributed by atoms with E-state index in [1.165, 1.54) is 41.6 Å². The van der Waals surface area contributed by atoms with Crippen LogP contribution in [0.25, 0.3) is 21.3 Å². The molecule has 0 amide bonds. The second-order valence-corrected chi connectivity index (χ2v) is 9.41. The summed E-state index contributed by atoms with van der Waals surface area (Å²) in [6.07, 6.45) is 5.58. The van der Waals surface area contributed by atoms with Crippen molar-refractivity contribution in [1.82, 2.24) is 9.97 Å². The first kappa shape index (κ1) is 20.0. The fourth-order valence-electron chi connectivity index (χ4n) is 4.27. The van der Waals surface area contributed by atoms with Gasteiger partial charge < -0.3 is 10.2 Å². The molecule has 0 radical (unpaired) electrons. The van der Waals surface area contributed by atoms with Crippen molar-refractivity contribution >= 4 is 38.7 Å². The van der Waals surface area contributed by atoms with Gasteiger partial charge in [-0.05, 0) is 60.6 Å². The van der Waals surface area contributed by atoms with Gasteiger partial charge in [-0.25, -0.2) is 9.97 Å². The SMILES string of the molecule is CC(C)c1ccc(-c2csc3ncnc(Nc4ccc(N5CCCCC5)cc4)c23)cc1. The first-order chi connectivity index (χ1) is 15.2. The maximum absolute atomic E-state index is 4.59. The number of benzene rings is 2. The van der Waals surface area contributed by atoms with Gasteiger partial charge >= 0.3 is 0 Å². The summed E-state index contributed by atoms with van der Waals surface area (Å²) in [5.74, 6) is 1.39. The first-order valence-corrected chi connectivity index (χ1v) is 12.0. The predicted molar refractivity (Wildman–Crippen MR) is 133 cm³/mol. The van der Waals surface area contributed by atoms with Gasteiger partial charge in [-0.15, -0.1) is 11.3 Å². The zero-order chi connectivity index (χ0) is 21.2. The van der Waals surface area contributed by atoms with Crippen LogP contribution in [-0.4, -0.2) is 23.1 Å². The van der Waals surface area contributed by atoms with E-state index in [1.807, 2.05) is 0 Å². The van der Waals surface area contributed by atoms with Crippen LogP contribution in [0.3, 0.4) is 0 Å². The van der Waals surface area contributed by atoms with E-state index >= 15 is 0 Å². The summed E-state index contributed by atoms with van der Waals surface area (Å²) >= 11 is 1.67. The normalized spacial score (nSPS) is 14.4. The van der Waals surface area contributed by atoms with Crippen LogP contribution in [0.15, 0.2) is 60.2 Å². The summed E-state index contributed by atoms with van der Waals surface area (Å²) in [4.78, 5) is 12.6. The summed E-state index contributed by atoms with van der Waals surface area (Å²) in [7, 11) is 0. The second kappa shape index (κ2) is 8.67. The highest BCUT2D eigenvalue weighted by Gasteiger charge is 2.15. The summed E-state index contributed by atoms with van der Waals surface area (Å²) in [6, 6.07) is 17.6. The van der Waals surface area contributed by atoms with Gasteiger partial charge in [0.15, 0.2) is 0 Å². The van der Waals surface area contributed by atoms with Gasteiger partial charge in [0.2, 0.25) is 0 Å². The molecule has 5 heteroatoms. The highest BCUT2D eigenvalue weighted by molar-refractivity contribution is 7.17. The molecule has 0 bridgehead atoms. The van der Waals surface area contributed by atoms with Crippen molar-refractivity contribution in [2.45, 2.75) is 39.0 Å². The van der Waals surface area contributed by atoms with Gasteiger partial charge in [0.1, 0.15) is 17.0 Å². The molecule has 1 fully saturated rings. The molecule has 4 nitrogen and oxygen atoms in total. The van der Waals surface area contributed by atoms with Crippen LogP contribution in [-0.2, 0) is 0 Å². The van der Waals surface area contributed by atoms with E-state index in [0.717, 1.165) is 34.8 Å². The summed E-state index contributed by atoms with van der Waals surface area (Å²) in [6.45, 7) is 6.77. The molecule has 4 aromatic rings. The lowest BCUT2D eigenvalue weighted by Crippen LogP contribution is -2.29. The predicted octanol–water partition coefficient (Wildman–Crippen LogP) is 7.22. The molecule has 0 saturated carbocycles. The number of hydrogen-bond acceptors (Lipinski definition) is 5. The van der Waals surface area contributed by atoms with Crippen LogP contribution < -0.4 is 10.2 Å². The highest BCUT2D eigenvalue weighted by Crippen LogP contribution is 2.38. The van der Waals surface area contributed by atoms with Gasteiger partial charge in [0, 0.05) is 35.4 Å². The number of piperidine rings is 1. The quantitative estimate of drug-likeness (QED) is 0.364. The van der Waals surface area contributed by atoms with Crippen molar-refractivity contribution in [2.24, 2.45) is 0 Å². The largest absolute Gasteiger partial charge is 0.372 e. The molecule has 1 N–H and O–H groups in total. The molecule has 0 aliphatic carbocycles. The van der Waals surface area contributed by atoms with Crippen molar-refractivity contribution in [3.63, 3.8) is 0 Å². The van der Waals surface area contributed by atoms with Crippen molar-refractivity contribution < 1.29 is 0 Å². The average molecular weight is 429 g/mol. The molecule has 0 unspecified atom stereocenters. The first-order valence-electron chi connectivity index (χ1n) is 11.1. The van der Waals surface area contributed by atoms with Crippen LogP contribution in [0.1, 0.15) is 44.6 Å². The molecule has 31 heavy (non-hydrogen) atoms. The Morgan fingerprint density at radius 2 is 1.65 bits per heavy atom. The third-order valence-electron chi connectivity index (χ3n) is 6.11. The highest BCUT2D eigenvalue weighted by atomic mass is 32.1. The molecular weight excluding hydrogens is 400 g/mol. The van der Waals surface area contributed by atoms with E-state index in [0.29, 0.717) is 5.92 Å². The van der Waals surface area contributed by atoms with Crippen molar-refractivity contribution in [2.75, 3.05) is 23.3 Å². The van der Waals surface area contributed by atoms with E-state index in [-0.39, 0.29) is 0 Å². The maximum atomic E-state index is 4.59. The van der Waals surface area contributed by atoms with E-state index in [2.05, 4.69) is 87.9 Å². The monoisotopic (exact) mass is 428 g/mol. The third-order valence-corrected chi connectivity index (χ3v) is 7.00. The summed E-state index contributed by atoms with van der Waals surface area (Å²) in [5, 5.41) is 6.82. The van der Waals surface area contributed by atoms with Crippen LogP contribution >= 0.6 is 11.3 Å². The molecule has 158 valence electrons. The molecule has 0 atom stereocenters. The Bertz CT molecular complexity index is 1160. The number of nitrogens with zero attached hydrogens (tertiary/aromatic N) is 3. The van der Waals surface area contributed by atoms with Gasteiger partial charge in [-0.1, -0.05) is 38.1 Å². The fourth-order valence-corrected chi connectivity index (χ4v) is 5.19. The number of thiophene rings is 1. The lowest BCUT2D eigenvalue weighted by atomic mass is 9.99. The Morgan fingerprint density at radius 3 is 2.35 bits per heavy atom. The standard InChI is InChI=1S/C26H28N4S/c1-18(2)19-6-8-20(9-7-19)23-16-31-26-24(23)25(27-17-28-26)29-21-10-12-22(13-11-21)30-14-4-3-5-15-30/h6-13,16-18H,3-5,14-15H2,1-2H3,(H,27,28,29). The van der Waals surface area contributed by atoms with E-state index in [1.54, 1.807) is 17.7 Å². The average Bonchev–Trinajstić information content (AvgIpc) is 3.25. The molecule has 0 spiro atoms. The Balaban J connectivity index is 1.44. The Labute approximate surface area is 188 Å². The molecule has 2 aromatic carbocycles. The van der Waals surface area contributed by atoms with Crippen molar-refractivity contribution in [3.05, 3.63) is 65.8 Å². The minimum atomic E-state index is 0.529. The minimum absolute atomic E-state index is 0.529. The fraction of sp³-hybridized carbons (Fsp3) is 0.308. The van der Waals surface area contributed by atoms with E-state index in [4.69, 9.17) is 0 Å². The topological polar surface area (TPSA) is 41.1 Å². The molecule has 5 rings (SSSR count). The number of hydrogen-bond donors (Lipinski definition) is 1. The number of anilines is 3. The summed E-state index contributed by atoms with van der Waals surface area (Å²) in [5.41, 5.74) is 6.09. The lowest BCUT2D eigenvalue weighted by Gasteiger charge is -2.28. The minimum Gasteiger partial charge on any atom is -0.372 e. The van der Waals surface area contributed by atoms with Crippen molar-refractivity contribution in [3.8, 4) is 11.1 Å². The van der Waals surface area contributed by atoms with Crippen LogP contribution in [0.4, 0.5) is 17.2 Å². The Kier molecular flexibility index (Phi) is 5.60. The molecular formula is C26H28N4S. The number of nitrogens with one attached hydrogen (secondary N) is 1. The van der Waals surface area contributed by atoms with E-state index in [9.17, 15) is 0 Å². The van der Waals surface area contributed by atoms with Crippen LogP contribution in [0, 0.1) is 0 Å². The maximum Gasteiger partial charge on any atom is 0.143 e. The summed E-state index contributed by atoms with van der Waals surface area (Å²) < 4.78 is 0. The number of fused-ring (bicyclic) bond motifs is 1. The molecule has 2 aromatic heterocycles. The Hall–Kier alpha value is -2.92. The molecule has 1 aliphatic rings. The van der Waals surface area contributed by atoms with Crippen LogP contribution in [0.2, 0.25) is 0 Å². The zero-order valence-corrected chi connectivity index (χ0v) is 19.0. The molecule has 1 aliphatic heterocycles. The van der Waals surface area contributed by atoms with Crippen LogP contribution in [0.5, 0.6) is 0 Å².